The molecule has 0 aliphatic carbocycles. The molecule has 0 saturated carbocycles. The van der Waals surface area contributed by atoms with Crippen LogP contribution in [0.15, 0.2) is 46.1 Å². The largest absolute Gasteiger partial charge is 0.469 e. The Morgan fingerprint density at radius 1 is 1.06 bits per heavy atom. The van der Waals surface area contributed by atoms with Crippen LogP contribution >= 0.6 is 23.2 Å². The fourth-order valence-electron chi connectivity index (χ4n) is 3.68. The van der Waals surface area contributed by atoms with Gasteiger partial charge in [-0.1, -0.05) is 29.3 Å². The van der Waals surface area contributed by atoms with Crippen molar-refractivity contribution in [1.29, 1.82) is 0 Å². The average molecular weight is 517 g/mol. The number of benzene rings is 1. The van der Waals surface area contributed by atoms with E-state index >= 15 is 0 Å². The standard InChI is InChI=1S/C23H22Cl2N6O4/c1-29-19-20(28-22(29)27-17-11-13(8-9-26-17)5-7-18(32)35-3)30(2)23(34)31(21(19)33)12-14-4-6-15(24)16(25)10-14/h4,6,8-11H,5,7,12H2,1-3H3,(H,26,27,28). The highest BCUT2D eigenvalue weighted by molar-refractivity contribution is 6.42. The molecule has 35 heavy (non-hydrogen) atoms. The van der Waals surface area contributed by atoms with Crippen LogP contribution in [0.1, 0.15) is 17.5 Å². The fourth-order valence-corrected chi connectivity index (χ4v) is 4.00. The molecule has 1 aromatic carbocycles. The van der Waals surface area contributed by atoms with Gasteiger partial charge in [0.1, 0.15) is 5.82 Å². The van der Waals surface area contributed by atoms with Gasteiger partial charge >= 0.3 is 11.7 Å². The number of anilines is 2. The SMILES string of the molecule is COC(=O)CCc1ccnc(Nc2nc3c(c(=O)n(Cc4ccc(Cl)c(Cl)c4)c(=O)n3C)n2C)c1. The molecular formula is C23H22Cl2N6O4. The number of imidazole rings is 1. The van der Waals surface area contributed by atoms with Crippen molar-refractivity contribution in [2.75, 3.05) is 12.4 Å². The molecule has 0 atom stereocenters. The van der Waals surface area contributed by atoms with Crippen LogP contribution in [0.5, 0.6) is 0 Å². The minimum atomic E-state index is -0.513. The first kappa shape index (κ1) is 24.5. The van der Waals surface area contributed by atoms with Gasteiger partial charge in [-0.25, -0.2) is 9.78 Å². The normalized spacial score (nSPS) is 11.1. The average Bonchev–Trinajstić information content (AvgIpc) is 3.17. The summed E-state index contributed by atoms with van der Waals surface area (Å²) < 4.78 is 8.70. The Morgan fingerprint density at radius 2 is 1.83 bits per heavy atom. The number of carbonyl (C=O) groups is 1. The van der Waals surface area contributed by atoms with Crippen LogP contribution in [0.4, 0.5) is 11.8 Å². The van der Waals surface area contributed by atoms with Crippen molar-refractivity contribution in [3.05, 3.63) is 78.5 Å². The van der Waals surface area contributed by atoms with E-state index in [0.29, 0.717) is 33.8 Å². The summed E-state index contributed by atoms with van der Waals surface area (Å²) in [6.45, 7) is 0.0239. The molecule has 0 amide bonds. The molecule has 4 rings (SSSR count). The number of nitrogens with zero attached hydrogens (tertiary/aromatic N) is 5. The molecule has 0 aliphatic rings. The van der Waals surface area contributed by atoms with Gasteiger partial charge in [0.2, 0.25) is 5.95 Å². The Labute approximate surface area is 209 Å². The smallest absolute Gasteiger partial charge is 0.332 e. The van der Waals surface area contributed by atoms with E-state index in [1.807, 2.05) is 0 Å². The molecule has 1 N–H and O–H groups in total. The number of fused-ring (bicyclic) bond motifs is 1. The van der Waals surface area contributed by atoms with Crippen LogP contribution in [-0.2, 0) is 36.6 Å². The highest BCUT2D eigenvalue weighted by Gasteiger charge is 2.19. The Bertz CT molecular complexity index is 1560. The third-order valence-corrected chi connectivity index (χ3v) is 6.33. The number of methoxy groups -OCH3 is 1. The lowest BCUT2D eigenvalue weighted by Gasteiger charge is -2.09. The Balaban J connectivity index is 1.70. The van der Waals surface area contributed by atoms with Crippen molar-refractivity contribution in [1.82, 2.24) is 23.7 Å². The number of nitrogens with one attached hydrogen (secondary N) is 1. The monoisotopic (exact) mass is 516 g/mol. The quantitative estimate of drug-likeness (QED) is 0.375. The van der Waals surface area contributed by atoms with Crippen LogP contribution in [-0.4, -0.2) is 36.7 Å². The van der Waals surface area contributed by atoms with Crippen LogP contribution < -0.4 is 16.6 Å². The van der Waals surface area contributed by atoms with E-state index in [9.17, 15) is 14.4 Å². The van der Waals surface area contributed by atoms with Crippen LogP contribution in [0.3, 0.4) is 0 Å². The Morgan fingerprint density at radius 3 is 2.54 bits per heavy atom. The van der Waals surface area contributed by atoms with Gasteiger partial charge in [-0.15, -0.1) is 0 Å². The highest BCUT2D eigenvalue weighted by atomic mass is 35.5. The summed E-state index contributed by atoms with van der Waals surface area (Å²) in [5.74, 6) is 0.508. The van der Waals surface area contributed by atoms with E-state index in [4.69, 9.17) is 23.2 Å². The molecule has 3 aromatic heterocycles. The van der Waals surface area contributed by atoms with Crippen LogP contribution in [0.2, 0.25) is 10.0 Å². The zero-order chi connectivity index (χ0) is 25.3. The molecule has 10 nitrogen and oxygen atoms in total. The van der Waals surface area contributed by atoms with Crippen molar-refractivity contribution < 1.29 is 9.53 Å². The molecule has 4 aromatic rings. The van der Waals surface area contributed by atoms with Gasteiger partial charge in [-0.05, 0) is 41.8 Å². The highest BCUT2D eigenvalue weighted by Crippen LogP contribution is 2.23. The van der Waals surface area contributed by atoms with Crippen molar-refractivity contribution in [2.45, 2.75) is 19.4 Å². The molecule has 3 heterocycles. The van der Waals surface area contributed by atoms with Crippen molar-refractivity contribution in [2.24, 2.45) is 14.1 Å². The predicted octanol–water partition coefficient (Wildman–Crippen LogP) is 3.03. The summed E-state index contributed by atoms with van der Waals surface area (Å²) in [5, 5.41) is 3.81. The summed E-state index contributed by atoms with van der Waals surface area (Å²) in [4.78, 5) is 46.5. The van der Waals surface area contributed by atoms with E-state index in [2.05, 4.69) is 20.0 Å². The lowest BCUT2D eigenvalue weighted by atomic mass is 10.1. The number of hydrogen-bond acceptors (Lipinski definition) is 7. The third-order valence-electron chi connectivity index (χ3n) is 5.59. The maximum absolute atomic E-state index is 13.3. The third kappa shape index (κ3) is 4.94. The number of aromatic nitrogens is 5. The summed E-state index contributed by atoms with van der Waals surface area (Å²) in [5.41, 5.74) is 1.02. The maximum Gasteiger partial charge on any atom is 0.332 e. The summed E-state index contributed by atoms with van der Waals surface area (Å²) in [6.07, 6.45) is 2.34. The minimum absolute atomic E-state index is 0.0239. The first-order chi connectivity index (χ1) is 16.7. The number of rotatable bonds is 7. The van der Waals surface area contributed by atoms with E-state index in [0.717, 1.165) is 10.1 Å². The first-order valence-electron chi connectivity index (χ1n) is 10.6. The van der Waals surface area contributed by atoms with Gasteiger partial charge in [-0.3, -0.25) is 18.7 Å². The lowest BCUT2D eigenvalue weighted by Crippen LogP contribution is -2.39. The van der Waals surface area contributed by atoms with Crippen LogP contribution in [0, 0.1) is 0 Å². The van der Waals surface area contributed by atoms with E-state index in [1.54, 1.807) is 55.2 Å². The number of carbonyl (C=O) groups excluding carboxylic acids is 1. The van der Waals surface area contributed by atoms with E-state index in [-0.39, 0.29) is 30.1 Å². The van der Waals surface area contributed by atoms with Gasteiger partial charge in [-0.2, -0.15) is 4.98 Å². The number of hydrogen-bond donors (Lipinski definition) is 1. The number of esters is 1. The van der Waals surface area contributed by atoms with Crippen molar-refractivity contribution in [3.8, 4) is 0 Å². The molecule has 182 valence electrons. The van der Waals surface area contributed by atoms with Gasteiger partial charge < -0.3 is 14.6 Å². The van der Waals surface area contributed by atoms with Gasteiger partial charge in [0.15, 0.2) is 11.2 Å². The summed E-state index contributed by atoms with van der Waals surface area (Å²) >= 11 is 12.1. The number of pyridine rings is 1. The number of aryl methyl sites for hydroxylation is 3. The Kier molecular flexibility index (Phi) is 6.95. The molecule has 12 heteroatoms. The summed E-state index contributed by atoms with van der Waals surface area (Å²) in [7, 11) is 4.57. The molecule has 0 saturated heterocycles. The molecular weight excluding hydrogens is 495 g/mol. The second-order valence-corrected chi connectivity index (χ2v) is 8.71. The minimum Gasteiger partial charge on any atom is -0.469 e. The first-order valence-corrected chi connectivity index (χ1v) is 11.3. The second kappa shape index (κ2) is 9.93. The zero-order valence-electron chi connectivity index (χ0n) is 19.2. The lowest BCUT2D eigenvalue weighted by molar-refractivity contribution is -0.140. The molecule has 0 bridgehead atoms. The Hall–Kier alpha value is -3.63. The second-order valence-electron chi connectivity index (χ2n) is 7.90. The number of halogens is 2. The van der Waals surface area contributed by atoms with Gasteiger partial charge in [0, 0.05) is 26.7 Å². The number of ether oxygens (including phenoxy) is 1. The van der Waals surface area contributed by atoms with Gasteiger partial charge in [0.05, 0.1) is 23.7 Å². The van der Waals surface area contributed by atoms with Gasteiger partial charge in [0.25, 0.3) is 5.56 Å². The maximum atomic E-state index is 13.3. The van der Waals surface area contributed by atoms with Crippen molar-refractivity contribution >= 4 is 52.1 Å². The zero-order valence-corrected chi connectivity index (χ0v) is 20.7. The fraction of sp³-hybridized carbons (Fsp3) is 0.261. The topological polar surface area (TPSA) is 113 Å². The molecule has 0 unspecified atom stereocenters. The van der Waals surface area contributed by atoms with Crippen molar-refractivity contribution in [3.63, 3.8) is 0 Å². The summed E-state index contributed by atoms with van der Waals surface area (Å²) in [6, 6.07) is 8.53. The predicted molar refractivity (Wildman–Crippen MR) is 134 cm³/mol. The molecule has 0 radical (unpaired) electrons. The molecule has 0 fully saturated rings. The van der Waals surface area contributed by atoms with E-state index < -0.39 is 11.2 Å². The van der Waals surface area contributed by atoms with E-state index in [1.165, 1.54) is 11.7 Å². The molecule has 0 spiro atoms. The molecule has 0 aliphatic heterocycles. The van der Waals surface area contributed by atoms with Crippen LogP contribution in [0.25, 0.3) is 11.2 Å².